The number of carbonyl (C=O) groups excluding carboxylic acids is 1. The summed E-state index contributed by atoms with van der Waals surface area (Å²) in [6.07, 6.45) is 10.4. The number of anilines is 1. The van der Waals surface area contributed by atoms with Crippen LogP contribution in [0.4, 0.5) is 5.82 Å². The summed E-state index contributed by atoms with van der Waals surface area (Å²) >= 11 is 0. The molecule has 1 unspecified atom stereocenters. The first-order valence-electron chi connectivity index (χ1n) is 11.3. The number of likely N-dealkylation sites (tertiary alicyclic amines) is 1. The maximum Gasteiger partial charge on any atom is 0.226 e. The van der Waals surface area contributed by atoms with Crippen molar-refractivity contribution in [3.63, 3.8) is 0 Å². The average Bonchev–Trinajstić information content (AvgIpc) is 3.05. The number of carbonyl (C=O) groups is 1. The normalized spacial score (nSPS) is 24.7. The van der Waals surface area contributed by atoms with Gasteiger partial charge in [-0.2, -0.15) is 5.26 Å². The molecule has 0 aromatic carbocycles. The third-order valence-electron chi connectivity index (χ3n) is 6.94. The molecule has 156 valence electrons. The van der Waals surface area contributed by atoms with E-state index in [2.05, 4.69) is 20.9 Å². The highest BCUT2D eigenvalue weighted by atomic mass is 16.5. The summed E-state index contributed by atoms with van der Waals surface area (Å²) in [5.41, 5.74) is 0.601. The minimum Gasteiger partial charge on any atom is -0.381 e. The van der Waals surface area contributed by atoms with Crippen molar-refractivity contribution in [2.45, 2.75) is 57.4 Å². The van der Waals surface area contributed by atoms with Crippen molar-refractivity contribution in [2.24, 2.45) is 11.8 Å². The standard InChI is InChI=1S/C23H32N4O2/c24-16-18-5-6-22(25-17-18)26-12-7-19(8-13-26)21-4-2-1-3-11-27(21)23(28)20-9-14-29-15-10-20/h5-6,17,19-21H,1-4,7-15H2. The van der Waals surface area contributed by atoms with Crippen LogP contribution in [-0.4, -0.2) is 54.7 Å². The van der Waals surface area contributed by atoms with Crippen molar-refractivity contribution in [3.8, 4) is 6.07 Å². The molecule has 29 heavy (non-hydrogen) atoms. The molecule has 4 rings (SSSR count). The van der Waals surface area contributed by atoms with Crippen molar-refractivity contribution < 1.29 is 9.53 Å². The van der Waals surface area contributed by atoms with Crippen molar-refractivity contribution in [2.75, 3.05) is 37.7 Å². The molecule has 0 bridgehead atoms. The van der Waals surface area contributed by atoms with Gasteiger partial charge in [0.1, 0.15) is 11.9 Å². The van der Waals surface area contributed by atoms with Gasteiger partial charge in [0.15, 0.2) is 0 Å². The van der Waals surface area contributed by atoms with E-state index in [0.717, 1.165) is 77.2 Å². The van der Waals surface area contributed by atoms with Crippen LogP contribution in [-0.2, 0) is 9.53 Å². The van der Waals surface area contributed by atoms with Crippen LogP contribution in [0.5, 0.6) is 0 Å². The van der Waals surface area contributed by atoms with Crippen LogP contribution < -0.4 is 4.90 Å². The van der Waals surface area contributed by atoms with Gasteiger partial charge in [-0.05, 0) is 56.6 Å². The van der Waals surface area contributed by atoms with Crippen molar-refractivity contribution in [1.29, 1.82) is 5.26 Å². The molecule has 1 aromatic heterocycles. The highest BCUT2D eigenvalue weighted by Crippen LogP contribution is 2.33. The predicted octanol–water partition coefficient (Wildman–Crippen LogP) is 3.37. The first kappa shape index (κ1) is 20.2. The van der Waals surface area contributed by atoms with Crippen molar-refractivity contribution >= 4 is 11.7 Å². The number of nitriles is 1. The van der Waals surface area contributed by atoms with Crippen LogP contribution >= 0.6 is 0 Å². The number of ether oxygens (including phenoxy) is 1. The molecule has 0 spiro atoms. The van der Waals surface area contributed by atoms with Gasteiger partial charge in [0.05, 0.1) is 5.56 Å². The Morgan fingerprint density at radius 3 is 2.52 bits per heavy atom. The van der Waals surface area contributed by atoms with E-state index < -0.39 is 0 Å². The summed E-state index contributed by atoms with van der Waals surface area (Å²) in [5, 5.41) is 8.96. The summed E-state index contributed by atoms with van der Waals surface area (Å²) in [6, 6.07) is 6.31. The molecule has 4 heterocycles. The van der Waals surface area contributed by atoms with Crippen LogP contribution in [0.1, 0.15) is 56.9 Å². The summed E-state index contributed by atoms with van der Waals surface area (Å²) in [7, 11) is 0. The van der Waals surface area contributed by atoms with Gasteiger partial charge in [-0.3, -0.25) is 4.79 Å². The quantitative estimate of drug-likeness (QED) is 0.783. The predicted molar refractivity (Wildman–Crippen MR) is 111 cm³/mol. The second kappa shape index (κ2) is 9.58. The van der Waals surface area contributed by atoms with Gasteiger partial charge in [0, 0.05) is 51.0 Å². The van der Waals surface area contributed by atoms with E-state index >= 15 is 0 Å². The SMILES string of the molecule is N#Cc1ccc(N2CCC(C3CCCCCN3C(=O)C3CCOCC3)CC2)nc1. The van der Waals surface area contributed by atoms with E-state index in [-0.39, 0.29) is 5.92 Å². The van der Waals surface area contributed by atoms with E-state index in [9.17, 15) is 4.79 Å². The molecule has 6 nitrogen and oxygen atoms in total. The van der Waals surface area contributed by atoms with E-state index in [0.29, 0.717) is 23.4 Å². The number of hydrogen-bond acceptors (Lipinski definition) is 5. The lowest BCUT2D eigenvalue weighted by molar-refractivity contribution is -0.142. The molecular weight excluding hydrogens is 364 g/mol. The lowest BCUT2D eigenvalue weighted by atomic mass is 9.85. The second-order valence-electron chi connectivity index (χ2n) is 8.68. The average molecular weight is 397 g/mol. The zero-order valence-electron chi connectivity index (χ0n) is 17.3. The highest BCUT2D eigenvalue weighted by Gasteiger charge is 2.36. The Kier molecular flexibility index (Phi) is 6.66. The molecule has 3 aliphatic rings. The fraction of sp³-hybridized carbons (Fsp3) is 0.696. The smallest absolute Gasteiger partial charge is 0.226 e. The summed E-state index contributed by atoms with van der Waals surface area (Å²) in [5.74, 6) is 2.08. The molecule has 0 saturated carbocycles. The molecule has 1 amide bonds. The maximum absolute atomic E-state index is 13.3. The van der Waals surface area contributed by atoms with E-state index in [1.165, 1.54) is 12.8 Å². The van der Waals surface area contributed by atoms with Crippen LogP contribution in [0, 0.1) is 23.2 Å². The number of rotatable bonds is 3. The van der Waals surface area contributed by atoms with Gasteiger partial charge in [-0.15, -0.1) is 0 Å². The van der Waals surface area contributed by atoms with Gasteiger partial charge >= 0.3 is 0 Å². The molecule has 6 heteroatoms. The molecule has 0 radical (unpaired) electrons. The van der Waals surface area contributed by atoms with Crippen molar-refractivity contribution in [3.05, 3.63) is 23.9 Å². The van der Waals surface area contributed by atoms with Crippen LogP contribution in [0.3, 0.4) is 0 Å². The van der Waals surface area contributed by atoms with Crippen LogP contribution in [0.25, 0.3) is 0 Å². The second-order valence-corrected chi connectivity index (χ2v) is 8.68. The van der Waals surface area contributed by atoms with Gasteiger partial charge in [0.2, 0.25) is 5.91 Å². The number of piperidine rings is 1. The van der Waals surface area contributed by atoms with E-state index in [1.807, 2.05) is 12.1 Å². The monoisotopic (exact) mass is 396 g/mol. The largest absolute Gasteiger partial charge is 0.381 e. The van der Waals surface area contributed by atoms with E-state index in [1.54, 1.807) is 6.20 Å². The lowest BCUT2D eigenvalue weighted by Crippen LogP contribution is -2.50. The highest BCUT2D eigenvalue weighted by molar-refractivity contribution is 5.79. The van der Waals surface area contributed by atoms with Crippen molar-refractivity contribution in [1.82, 2.24) is 9.88 Å². The van der Waals surface area contributed by atoms with Gasteiger partial charge in [-0.25, -0.2) is 4.98 Å². The molecule has 3 aliphatic heterocycles. The third-order valence-corrected chi connectivity index (χ3v) is 6.94. The Hall–Kier alpha value is -2.13. The lowest BCUT2D eigenvalue weighted by Gasteiger charge is -2.42. The van der Waals surface area contributed by atoms with Gasteiger partial charge < -0.3 is 14.5 Å². The first-order chi connectivity index (χ1) is 14.3. The summed E-state index contributed by atoms with van der Waals surface area (Å²) in [4.78, 5) is 22.4. The Balaban J connectivity index is 1.40. The number of aromatic nitrogens is 1. The Labute approximate surface area is 173 Å². The van der Waals surface area contributed by atoms with Gasteiger partial charge in [0.25, 0.3) is 0 Å². The number of hydrogen-bond donors (Lipinski definition) is 0. The topological polar surface area (TPSA) is 69.5 Å². The molecule has 3 saturated heterocycles. The number of pyridine rings is 1. The zero-order chi connectivity index (χ0) is 20.1. The van der Waals surface area contributed by atoms with Crippen LogP contribution in [0.15, 0.2) is 18.3 Å². The zero-order valence-corrected chi connectivity index (χ0v) is 17.3. The molecule has 0 aliphatic carbocycles. The third kappa shape index (κ3) is 4.72. The Morgan fingerprint density at radius 1 is 1.03 bits per heavy atom. The number of amides is 1. The van der Waals surface area contributed by atoms with Gasteiger partial charge in [-0.1, -0.05) is 12.8 Å². The molecule has 3 fully saturated rings. The van der Waals surface area contributed by atoms with Crippen LogP contribution in [0.2, 0.25) is 0 Å². The fourth-order valence-corrected chi connectivity index (χ4v) is 5.23. The minimum atomic E-state index is 0.160. The molecular formula is C23H32N4O2. The molecule has 1 atom stereocenters. The maximum atomic E-state index is 13.3. The number of nitrogens with zero attached hydrogens (tertiary/aromatic N) is 4. The van der Waals surface area contributed by atoms with E-state index in [4.69, 9.17) is 10.00 Å². The Morgan fingerprint density at radius 2 is 1.83 bits per heavy atom. The summed E-state index contributed by atoms with van der Waals surface area (Å²) in [6.45, 7) is 4.33. The molecule has 0 N–H and O–H groups in total. The minimum absolute atomic E-state index is 0.160. The molecule has 1 aromatic rings. The first-order valence-corrected chi connectivity index (χ1v) is 11.3. The summed E-state index contributed by atoms with van der Waals surface area (Å²) < 4.78 is 5.47. The Bertz CT molecular complexity index is 715. The fourth-order valence-electron chi connectivity index (χ4n) is 5.23.